The lowest BCUT2D eigenvalue weighted by Crippen LogP contribution is -2.50. The fraction of sp³-hybridized carbons (Fsp3) is 0.459. The van der Waals surface area contributed by atoms with E-state index in [9.17, 15) is 14.7 Å². The van der Waals surface area contributed by atoms with Crippen molar-refractivity contribution in [2.45, 2.75) is 88.3 Å². The van der Waals surface area contributed by atoms with Gasteiger partial charge in [0.25, 0.3) is 5.91 Å². The first kappa shape index (κ1) is 30.4. The molecule has 3 aromatic rings. The molecule has 3 aliphatic rings. The van der Waals surface area contributed by atoms with Crippen molar-refractivity contribution in [3.63, 3.8) is 0 Å². The van der Waals surface area contributed by atoms with Gasteiger partial charge in [0.2, 0.25) is 5.91 Å². The third-order valence-electron chi connectivity index (χ3n) is 9.75. The van der Waals surface area contributed by atoms with Crippen molar-refractivity contribution < 1.29 is 19.4 Å². The molecule has 0 radical (unpaired) electrons. The van der Waals surface area contributed by atoms with Crippen LogP contribution in [0.5, 0.6) is 5.75 Å². The summed E-state index contributed by atoms with van der Waals surface area (Å²) < 4.78 is 5.43. The molecule has 1 saturated heterocycles. The van der Waals surface area contributed by atoms with Gasteiger partial charge in [-0.1, -0.05) is 49.2 Å². The lowest BCUT2D eigenvalue weighted by molar-refractivity contribution is -0.117. The molecule has 0 aromatic heterocycles. The van der Waals surface area contributed by atoms with Crippen LogP contribution in [0.1, 0.15) is 83.5 Å². The third-order valence-corrected chi connectivity index (χ3v) is 9.75. The number of aryl methyl sites for hydroxylation is 1. The maximum absolute atomic E-state index is 13.9. The minimum absolute atomic E-state index is 0.118. The highest BCUT2D eigenvalue weighted by Gasteiger charge is 2.28. The van der Waals surface area contributed by atoms with E-state index >= 15 is 0 Å². The molecule has 6 rings (SSSR count). The molecule has 2 amide bonds. The largest absolute Gasteiger partial charge is 0.497 e. The van der Waals surface area contributed by atoms with Crippen molar-refractivity contribution in [3.05, 3.63) is 94.5 Å². The van der Waals surface area contributed by atoms with E-state index in [0.29, 0.717) is 37.4 Å². The van der Waals surface area contributed by atoms with Gasteiger partial charge < -0.3 is 25.4 Å². The molecule has 1 unspecified atom stereocenters. The van der Waals surface area contributed by atoms with Gasteiger partial charge in [-0.25, -0.2) is 0 Å². The van der Waals surface area contributed by atoms with Crippen LogP contribution in [0.15, 0.2) is 66.7 Å². The van der Waals surface area contributed by atoms with E-state index in [0.717, 1.165) is 61.1 Å². The van der Waals surface area contributed by atoms with Crippen LogP contribution in [-0.4, -0.2) is 55.3 Å². The number of aliphatic hydroxyl groups excluding tert-OH is 1. The van der Waals surface area contributed by atoms with Gasteiger partial charge in [0, 0.05) is 36.8 Å². The number of hydrogen-bond acceptors (Lipinski definition) is 5. The van der Waals surface area contributed by atoms with E-state index in [2.05, 4.69) is 28.8 Å². The monoisotopic (exact) mass is 595 g/mol. The summed E-state index contributed by atoms with van der Waals surface area (Å²) in [7, 11) is 1.69. The Labute approximate surface area is 261 Å². The van der Waals surface area contributed by atoms with E-state index in [1.807, 2.05) is 53.4 Å². The Balaban J connectivity index is 1.18. The van der Waals surface area contributed by atoms with Crippen LogP contribution >= 0.6 is 0 Å². The predicted molar refractivity (Wildman–Crippen MR) is 173 cm³/mol. The van der Waals surface area contributed by atoms with E-state index < -0.39 is 12.1 Å². The van der Waals surface area contributed by atoms with Crippen LogP contribution in [0.2, 0.25) is 0 Å². The molecule has 0 bridgehead atoms. The summed E-state index contributed by atoms with van der Waals surface area (Å²) in [4.78, 5) is 28.4. The number of nitrogens with zero attached hydrogens (tertiary/aromatic N) is 1. The molecular formula is C37H45N3O4. The van der Waals surface area contributed by atoms with Gasteiger partial charge in [0.15, 0.2) is 0 Å². The van der Waals surface area contributed by atoms with Crippen molar-refractivity contribution in [2.75, 3.05) is 25.1 Å². The molecule has 1 aliphatic heterocycles. The molecule has 1 saturated carbocycles. The number of hydrogen-bond donors (Lipinski definition) is 3. The number of carbonyl (C=O) groups excluding carboxylic acids is 2. The predicted octanol–water partition coefficient (Wildman–Crippen LogP) is 5.33. The van der Waals surface area contributed by atoms with Gasteiger partial charge in [0.1, 0.15) is 5.75 Å². The van der Waals surface area contributed by atoms with E-state index in [1.165, 1.54) is 24.0 Å². The molecule has 3 N–H and O–H groups in total. The minimum Gasteiger partial charge on any atom is -0.497 e. The Morgan fingerprint density at radius 3 is 2.55 bits per heavy atom. The van der Waals surface area contributed by atoms with Crippen molar-refractivity contribution in [1.29, 1.82) is 0 Å². The molecule has 1 heterocycles. The molecule has 2 aliphatic carbocycles. The second-order valence-corrected chi connectivity index (χ2v) is 12.8. The van der Waals surface area contributed by atoms with Gasteiger partial charge in [-0.3, -0.25) is 9.59 Å². The molecule has 0 spiro atoms. The molecule has 232 valence electrons. The van der Waals surface area contributed by atoms with Gasteiger partial charge >= 0.3 is 0 Å². The van der Waals surface area contributed by atoms with Gasteiger partial charge in [-0.05, 0) is 103 Å². The average Bonchev–Trinajstić information content (AvgIpc) is 3.75. The van der Waals surface area contributed by atoms with Crippen LogP contribution in [0.4, 0.5) is 5.69 Å². The number of nitrogens with one attached hydrogen (secondary N) is 2. The highest BCUT2D eigenvalue weighted by Crippen LogP contribution is 2.37. The second kappa shape index (κ2) is 14.0. The van der Waals surface area contributed by atoms with E-state index in [-0.39, 0.29) is 17.9 Å². The zero-order valence-corrected chi connectivity index (χ0v) is 25.8. The molecule has 3 aromatic carbocycles. The maximum atomic E-state index is 13.9. The molecule has 7 heteroatoms. The molecule has 2 fully saturated rings. The molecule has 7 nitrogen and oxygen atoms in total. The summed E-state index contributed by atoms with van der Waals surface area (Å²) in [6, 6.07) is 22.0. The topological polar surface area (TPSA) is 90.9 Å². The zero-order valence-electron chi connectivity index (χ0n) is 25.8. The first-order valence-corrected chi connectivity index (χ1v) is 16.3. The normalized spacial score (nSPS) is 19.9. The number of benzene rings is 3. The number of ether oxygens (including phenoxy) is 1. The van der Waals surface area contributed by atoms with E-state index in [4.69, 9.17) is 4.74 Å². The summed E-state index contributed by atoms with van der Waals surface area (Å²) in [5, 5.41) is 18.3. The maximum Gasteiger partial charge on any atom is 0.251 e. The van der Waals surface area contributed by atoms with Crippen LogP contribution in [-0.2, 0) is 24.1 Å². The third kappa shape index (κ3) is 7.16. The summed E-state index contributed by atoms with van der Waals surface area (Å²) in [5.74, 6) is 1.18. The Hall–Kier alpha value is -3.68. The smallest absolute Gasteiger partial charge is 0.251 e. The lowest BCUT2D eigenvalue weighted by atomic mass is 9.88. The average molecular weight is 596 g/mol. The van der Waals surface area contributed by atoms with Crippen LogP contribution in [0, 0.1) is 0 Å². The van der Waals surface area contributed by atoms with Crippen molar-refractivity contribution in [2.24, 2.45) is 0 Å². The van der Waals surface area contributed by atoms with Gasteiger partial charge in [0.05, 0.1) is 19.3 Å². The molecule has 44 heavy (non-hydrogen) atoms. The first-order valence-electron chi connectivity index (χ1n) is 16.3. The second-order valence-electron chi connectivity index (χ2n) is 12.8. The number of carbonyl (C=O) groups is 2. The van der Waals surface area contributed by atoms with Crippen LogP contribution in [0.3, 0.4) is 0 Å². The minimum atomic E-state index is -0.788. The Kier molecular flexibility index (Phi) is 9.63. The standard InChI is InChI=1S/C37H45N3O4/c1-44-33-16-14-27-13-15-31(20-29(27)23-33)38-24-35(41)34(18-25-8-3-2-4-9-25)39-37(43)30-19-28(26-10-5-6-11-26)21-32(22-30)40-17-7-12-36(40)42/h2-4,8-9,14,16,19,21-23,26,31,34-35,38,41H,5-7,10-13,15,17-18,20,24H2,1H3,(H,39,43)/t31?,34-,35-/m0/s1. The number of amides is 2. The van der Waals surface area contributed by atoms with Crippen molar-refractivity contribution in [1.82, 2.24) is 10.6 Å². The Morgan fingerprint density at radius 2 is 1.80 bits per heavy atom. The van der Waals surface area contributed by atoms with Crippen molar-refractivity contribution in [3.8, 4) is 5.75 Å². The summed E-state index contributed by atoms with van der Waals surface area (Å²) in [6.07, 6.45) is 8.57. The van der Waals surface area contributed by atoms with Crippen LogP contribution < -0.4 is 20.3 Å². The zero-order chi connectivity index (χ0) is 30.5. The highest BCUT2D eigenvalue weighted by atomic mass is 16.5. The quantitative estimate of drug-likeness (QED) is 0.279. The number of aliphatic hydroxyl groups is 1. The fourth-order valence-corrected chi connectivity index (χ4v) is 7.20. The summed E-state index contributed by atoms with van der Waals surface area (Å²) in [6.45, 7) is 1.06. The van der Waals surface area contributed by atoms with Crippen molar-refractivity contribution >= 4 is 17.5 Å². The molecule has 3 atom stereocenters. The number of anilines is 1. The Bertz CT molecular complexity index is 1450. The van der Waals surface area contributed by atoms with E-state index in [1.54, 1.807) is 7.11 Å². The number of methoxy groups -OCH3 is 1. The highest BCUT2D eigenvalue weighted by molar-refractivity contribution is 5.99. The Morgan fingerprint density at radius 1 is 0.977 bits per heavy atom. The fourth-order valence-electron chi connectivity index (χ4n) is 7.20. The SMILES string of the molecule is COc1ccc2c(c1)CC(NC[C@H](O)[C@H](Cc1ccccc1)NC(=O)c1cc(C3CCCC3)cc(N3CCCC3=O)c1)CC2. The summed E-state index contributed by atoms with van der Waals surface area (Å²) in [5.41, 5.74) is 6.21. The van der Waals surface area contributed by atoms with Gasteiger partial charge in [-0.2, -0.15) is 0 Å². The molecular weight excluding hydrogens is 550 g/mol. The summed E-state index contributed by atoms with van der Waals surface area (Å²) >= 11 is 0. The van der Waals surface area contributed by atoms with Gasteiger partial charge in [-0.15, -0.1) is 0 Å². The lowest BCUT2D eigenvalue weighted by Gasteiger charge is -2.30. The first-order chi connectivity index (χ1) is 21.5. The van der Waals surface area contributed by atoms with Crippen LogP contribution in [0.25, 0.3) is 0 Å². The number of rotatable bonds is 11. The number of fused-ring (bicyclic) bond motifs is 1.